The van der Waals surface area contributed by atoms with Gasteiger partial charge in [-0.05, 0) is 29.5 Å². The molecule has 0 unspecified atom stereocenters. The van der Waals surface area contributed by atoms with Gasteiger partial charge in [-0.1, -0.05) is 39.0 Å². The topological polar surface area (TPSA) is 71.4 Å². The lowest BCUT2D eigenvalue weighted by molar-refractivity contribution is -0.131. The van der Waals surface area contributed by atoms with Crippen LogP contribution >= 0.6 is 0 Å². The van der Waals surface area contributed by atoms with Gasteiger partial charge in [0.05, 0.1) is 10.6 Å². The van der Waals surface area contributed by atoms with Crippen LogP contribution in [0.15, 0.2) is 41.3 Å². The first kappa shape index (κ1) is 16.4. The first-order valence-electron chi connectivity index (χ1n) is 6.36. The Balaban J connectivity index is 2.81. The van der Waals surface area contributed by atoms with Gasteiger partial charge in [-0.2, -0.15) is 0 Å². The summed E-state index contributed by atoms with van der Waals surface area (Å²) < 4.78 is 24.1. The van der Waals surface area contributed by atoms with E-state index in [4.69, 9.17) is 5.11 Å². The van der Waals surface area contributed by atoms with Gasteiger partial charge < -0.3 is 5.11 Å². The van der Waals surface area contributed by atoms with E-state index >= 15 is 0 Å². The lowest BCUT2D eigenvalue weighted by Gasteiger charge is -2.19. The van der Waals surface area contributed by atoms with E-state index in [1.165, 1.54) is 6.08 Å². The second-order valence-corrected chi connectivity index (χ2v) is 7.73. The molecule has 0 amide bonds. The van der Waals surface area contributed by atoms with Crippen molar-refractivity contribution in [3.8, 4) is 0 Å². The Morgan fingerprint density at radius 2 is 1.75 bits per heavy atom. The van der Waals surface area contributed by atoms with Gasteiger partial charge in [-0.25, -0.2) is 13.2 Å². The molecular weight excluding hydrogens is 276 g/mol. The maximum Gasteiger partial charge on any atom is 0.327 e. The molecule has 0 atom stereocenters. The van der Waals surface area contributed by atoms with E-state index in [1.807, 2.05) is 12.1 Å². The summed E-state index contributed by atoms with van der Waals surface area (Å²) in [5.41, 5.74) is 1.05. The first-order chi connectivity index (χ1) is 9.13. The monoisotopic (exact) mass is 296 g/mol. The maximum atomic E-state index is 12.1. The largest absolute Gasteiger partial charge is 0.478 e. The van der Waals surface area contributed by atoms with Crippen molar-refractivity contribution >= 4 is 15.8 Å². The number of hydrogen-bond acceptors (Lipinski definition) is 3. The molecule has 1 N–H and O–H groups in total. The smallest absolute Gasteiger partial charge is 0.327 e. The number of carbonyl (C=O) groups is 1. The molecule has 0 radical (unpaired) electrons. The highest BCUT2D eigenvalue weighted by molar-refractivity contribution is 7.91. The molecule has 1 aromatic carbocycles. The van der Waals surface area contributed by atoms with Gasteiger partial charge in [0.1, 0.15) is 0 Å². The molecule has 0 aromatic heterocycles. The third-order valence-electron chi connectivity index (χ3n) is 2.89. The summed E-state index contributed by atoms with van der Waals surface area (Å²) in [5.74, 6) is -1.16. The lowest BCUT2D eigenvalue weighted by atomic mass is 9.87. The third-order valence-corrected chi connectivity index (χ3v) is 4.66. The number of hydrogen-bond donors (Lipinski definition) is 1. The Hall–Kier alpha value is -1.62. The van der Waals surface area contributed by atoms with Crippen LogP contribution in [-0.4, -0.2) is 25.2 Å². The number of rotatable bonds is 5. The molecule has 1 aromatic rings. The number of allylic oxidation sites excluding steroid dienone is 1. The van der Waals surface area contributed by atoms with Gasteiger partial charge in [0, 0.05) is 6.08 Å². The van der Waals surface area contributed by atoms with Gasteiger partial charge in [0.25, 0.3) is 0 Å². The summed E-state index contributed by atoms with van der Waals surface area (Å²) >= 11 is 0. The molecule has 1 rings (SSSR count). The second kappa shape index (κ2) is 6.22. The Kier molecular flexibility index (Phi) is 5.11. The Bertz CT molecular complexity index is 590. The summed E-state index contributed by atoms with van der Waals surface area (Å²) in [6, 6.07) is 6.85. The Labute approximate surface area is 120 Å². The zero-order valence-corrected chi connectivity index (χ0v) is 12.8. The van der Waals surface area contributed by atoms with Crippen molar-refractivity contribution in [1.29, 1.82) is 0 Å². The van der Waals surface area contributed by atoms with Crippen LogP contribution in [0, 0.1) is 0 Å². The van der Waals surface area contributed by atoms with E-state index in [9.17, 15) is 13.2 Å². The highest BCUT2D eigenvalue weighted by Crippen LogP contribution is 2.23. The first-order valence-corrected chi connectivity index (χ1v) is 8.01. The van der Waals surface area contributed by atoms with E-state index in [1.54, 1.807) is 12.1 Å². The molecule has 0 heterocycles. The average molecular weight is 296 g/mol. The predicted molar refractivity (Wildman–Crippen MR) is 78.6 cm³/mol. The molecular formula is C15H20O4S. The molecule has 0 fully saturated rings. The van der Waals surface area contributed by atoms with E-state index < -0.39 is 15.8 Å². The molecule has 4 nitrogen and oxygen atoms in total. The minimum Gasteiger partial charge on any atom is -0.478 e. The van der Waals surface area contributed by atoms with Crippen LogP contribution in [0.4, 0.5) is 0 Å². The van der Waals surface area contributed by atoms with Gasteiger partial charge in [0.2, 0.25) is 0 Å². The molecule has 0 aliphatic rings. The number of carboxylic acids is 1. The van der Waals surface area contributed by atoms with Crippen molar-refractivity contribution in [2.75, 3.05) is 5.75 Å². The predicted octanol–water partition coefficient (Wildman–Crippen LogP) is 2.79. The molecule has 0 bridgehead atoms. The van der Waals surface area contributed by atoms with Crippen LogP contribution in [0.3, 0.4) is 0 Å². The number of carboxylic acid groups (broad SMARTS) is 1. The molecule has 20 heavy (non-hydrogen) atoms. The van der Waals surface area contributed by atoms with E-state index in [0.717, 1.165) is 11.6 Å². The molecule has 5 heteroatoms. The Morgan fingerprint density at radius 3 is 2.20 bits per heavy atom. The van der Waals surface area contributed by atoms with Crippen LogP contribution in [0.1, 0.15) is 32.8 Å². The zero-order valence-electron chi connectivity index (χ0n) is 12.0. The van der Waals surface area contributed by atoms with Crippen LogP contribution in [-0.2, 0) is 20.0 Å². The summed E-state index contributed by atoms with van der Waals surface area (Å²) in [6.07, 6.45) is 2.50. The van der Waals surface area contributed by atoms with Gasteiger partial charge >= 0.3 is 5.97 Å². The lowest BCUT2D eigenvalue weighted by Crippen LogP contribution is -2.12. The standard InChI is InChI=1S/C15H20O4S/c1-15(2,3)12-7-9-13(10-8-12)20(18,19)11-5-4-6-14(16)17/h4,6-10H,5,11H2,1-3H3,(H,16,17)/b6-4+. The van der Waals surface area contributed by atoms with E-state index in [0.29, 0.717) is 0 Å². The maximum absolute atomic E-state index is 12.1. The zero-order chi connectivity index (χ0) is 15.4. The van der Waals surface area contributed by atoms with Crippen molar-refractivity contribution in [2.24, 2.45) is 0 Å². The van der Waals surface area contributed by atoms with Crippen LogP contribution < -0.4 is 0 Å². The van der Waals surface area contributed by atoms with Crippen molar-refractivity contribution in [1.82, 2.24) is 0 Å². The number of benzene rings is 1. The molecule has 0 aliphatic heterocycles. The summed E-state index contributed by atoms with van der Waals surface area (Å²) in [4.78, 5) is 10.6. The Morgan fingerprint density at radius 1 is 1.20 bits per heavy atom. The normalized spacial score (nSPS) is 12.8. The van der Waals surface area contributed by atoms with Crippen molar-refractivity contribution < 1.29 is 18.3 Å². The summed E-state index contributed by atoms with van der Waals surface area (Å²) in [6.45, 7) is 6.19. The van der Waals surface area contributed by atoms with Crippen LogP contribution in [0.25, 0.3) is 0 Å². The minimum atomic E-state index is -3.36. The quantitative estimate of drug-likeness (QED) is 0.848. The SMILES string of the molecule is CC(C)(C)c1ccc(S(=O)(=O)CC/C=C/C(=O)O)cc1. The van der Waals surface area contributed by atoms with Crippen molar-refractivity contribution in [3.63, 3.8) is 0 Å². The summed E-state index contributed by atoms with van der Waals surface area (Å²) in [7, 11) is -3.36. The average Bonchev–Trinajstić information content (AvgIpc) is 2.34. The molecule has 110 valence electrons. The third kappa shape index (κ3) is 4.81. The molecule has 0 aliphatic carbocycles. The fourth-order valence-electron chi connectivity index (χ4n) is 1.69. The summed E-state index contributed by atoms with van der Waals surface area (Å²) in [5, 5.41) is 8.43. The van der Waals surface area contributed by atoms with Crippen molar-refractivity contribution in [3.05, 3.63) is 42.0 Å². The van der Waals surface area contributed by atoms with Gasteiger partial charge in [-0.15, -0.1) is 0 Å². The fourth-order valence-corrected chi connectivity index (χ4v) is 2.92. The molecule has 0 saturated heterocycles. The van der Waals surface area contributed by atoms with Gasteiger partial charge in [-0.3, -0.25) is 0 Å². The van der Waals surface area contributed by atoms with Crippen LogP contribution in [0.2, 0.25) is 0 Å². The minimum absolute atomic E-state index is 0.0213. The van der Waals surface area contributed by atoms with Crippen LogP contribution in [0.5, 0.6) is 0 Å². The molecule has 0 saturated carbocycles. The highest BCUT2D eigenvalue weighted by Gasteiger charge is 2.17. The van der Waals surface area contributed by atoms with Gasteiger partial charge in [0.15, 0.2) is 9.84 Å². The second-order valence-electron chi connectivity index (χ2n) is 5.62. The number of aliphatic carboxylic acids is 1. The fraction of sp³-hybridized carbons (Fsp3) is 0.400. The van der Waals surface area contributed by atoms with E-state index in [-0.39, 0.29) is 22.5 Å². The van der Waals surface area contributed by atoms with E-state index in [2.05, 4.69) is 20.8 Å². The van der Waals surface area contributed by atoms with Crippen molar-refractivity contribution in [2.45, 2.75) is 37.5 Å². The molecule has 0 spiro atoms. The number of sulfone groups is 1. The highest BCUT2D eigenvalue weighted by atomic mass is 32.2.